The van der Waals surface area contributed by atoms with Gasteiger partial charge < -0.3 is 15.0 Å². The SMILES string of the molecule is CC(C)n1cncc1C(CN)N1CC(C)(C)OC(C)(C)C1. The first-order valence-electron chi connectivity index (χ1n) is 7.81. The van der Waals surface area contributed by atoms with Crippen LogP contribution in [0, 0.1) is 0 Å². The quantitative estimate of drug-likeness (QED) is 0.926. The minimum absolute atomic E-state index is 0.169. The van der Waals surface area contributed by atoms with Crippen molar-refractivity contribution in [1.82, 2.24) is 14.5 Å². The molecule has 0 bridgehead atoms. The Balaban J connectivity index is 2.30. The lowest BCUT2D eigenvalue weighted by Crippen LogP contribution is -2.58. The fraction of sp³-hybridized carbons (Fsp3) is 0.812. The third-order valence-corrected chi connectivity index (χ3v) is 3.98. The van der Waals surface area contributed by atoms with Gasteiger partial charge in [-0.3, -0.25) is 4.90 Å². The Bertz CT molecular complexity index is 462. The van der Waals surface area contributed by atoms with Crippen molar-refractivity contribution in [3.05, 3.63) is 18.2 Å². The van der Waals surface area contributed by atoms with Gasteiger partial charge in [0.25, 0.3) is 0 Å². The van der Waals surface area contributed by atoms with Gasteiger partial charge in [0.2, 0.25) is 0 Å². The first-order valence-corrected chi connectivity index (χ1v) is 7.81. The minimum Gasteiger partial charge on any atom is -0.367 e. The Morgan fingerprint density at radius 2 is 1.81 bits per heavy atom. The monoisotopic (exact) mass is 294 g/mol. The number of morpholine rings is 1. The lowest BCUT2D eigenvalue weighted by atomic mass is 9.96. The van der Waals surface area contributed by atoms with Crippen molar-refractivity contribution >= 4 is 0 Å². The normalized spacial score (nSPS) is 23.4. The zero-order valence-corrected chi connectivity index (χ0v) is 14.3. The Morgan fingerprint density at radius 3 is 2.29 bits per heavy atom. The van der Waals surface area contributed by atoms with E-state index in [1.165, 1.54) is 5.69 Å². The number of rotatable bonds is 4. The molecule has 0 spiro atoms. The first-order chi connectivity index (χ1) is 9.65. The number of hydrogen-bond acceptors (Lipinski definition) is 4. The van der Waals surface area contributed by atoms with Gasteiger partial charge in [-0.2, -0.15) is 0 Å². The molecule has 1 saturated heterocycles. The van der Waals surface area contributed by atoms with Crippen molar-refractivity contribution in [3.63, 3.8) is 0 Å². The summed E-state index contributed by atoms with van der Waals surface area (Å²) in [6, 6.07) is 0.566. The lowest BCUT2D eigenvalue weighted by Gasteiger charge is -2.49. The number of ether oxygens (including phenoxy) is 1. The zero-order chi connectivity index (χ0) is 15.8. The maximum atomic E-state index is 6.18. The Labute approximate surface area is 128 Å². The highest BCUT2D eigenvalue weighted by Crippen LogP contribution is 2.33. The lowest BCUT2D eigenvalue weighted by molar-refractivity contribution is -0.188. The minimum atomic E-state index is -0.169. The molecule has 5 heteroatoms. The van der Waals surface area contributed by atoms with Crippen LogP contribution in [0.4, 0.5) is 0 Å². The molecule has 1 fully saturated rings. The van der Waals surface area contributed by atoms with Gasteiger partial charge in [-0.15, -0.1) is 0 Å². The van der Waals surface area contributed by atoms with E-state index in [0.29, 0.717) is 12.6 Å². The van der Waals surface area contributed by atoms with Crippen LogP contribution in [0.25, 0.3) is 0 Å². The van der Waals surface area contributed by atoms with Crippen molar-refractivity contribution in [3.8, 4) is 0 Å². The van der Waals surface area contributed by atoms with E-state index in [9.17, 15) is 0 Å². The Kier molecular flexibility index (Phi) is 4.47. The highest BCUT2D eigenvalue weighted by atomic mass is 16.5. The molecule has 1 unspecified atom stereocenters. The average Bonchev–Trinajstić information content (AvgIpc) is 2.74. The highest BCUT2D eigenvalue weighted by Gasteiger charge is 2.41. The molecule has 2 heterocycles. The van der Waals surface area contributed by atoms with E-state index in [0.717, 1.165) is 13.1 Å². The van der Waals surface area contributed by atoms with Gasteiger partial charge in [-0.05, 0) is 41.5 Å². The fourth-order valence-corrected chi connectivity index (χ4v) is 3.53. The van der Waals surface area contributed by atoms with Crippen molar-refractivity contribution in [2.75, 3.05) is 19.6 Å². The van der Waals surface area contributed by atoms with Crippen LogP contribution >= 0.6 is 0 Å². The van der Waals surface area contributed by atoms with Gasteiger partial charge in [0.05, 0.1) is 29.3 Å². The third-order valence-electron chi connectivity index (χ3n) is 3.98. The van der Waals surface area contributed by atoms with Crippen LogP contribution in [-0.4, -0.2) is 45.3 Å². The first kappa shape index (κ1) is 16.5. The zero-order valence-electron chi connectivity index (χ0n) is 14.3. The number of aromatic nitrogens is 2. The van der Waals surface area contributed by atoms with Gasteiger partial charge in [-0.25, -0.2) is 4.98 Å². The maximum Gasteiger partial charge on any atom is 0.0951 e. The van der Waals surface area contributed by atoms with Crippen molar-refractivity contribution < 1.29 is 4.74 Å². The predicted octanol–water partition coefficient (Wildman–Crippen LogP) is 2.35. The summed E-state index contributed by atoms with van der Waals surface area (Å²) in [4.78, 5) is 6.77. The van der Waals surface area contributed by atoms with Crippen LogP contribution in [0.1, 0.15) is 59.3 Å². The van der Waals surface area contributed by atoms with Crippen LogP contribution in [-0.2, 0) is 4.74 Å². The molecule has 0 radical (unpaired) electrons. The summed E-state index contributed by atoms with van der Waals surface area (Å²) >= 11 is 0. The van der Waals surface area contributed by atoms with Crippen LogP contribution in [0.3, 0.4) is 0 Å². The van der Waals surface area contributed by atoms with Crippen LogP contribution in [0.5, 0.6) is 0 Å². The molecule has 1 aliphatic heterocycles. The standard InChI is InChI=1S/C16H30N4O/c1-12(2)20-11-18-8-14(20)13(7-17)19-9-15(3,4)21-16(5,6)10-19/h8,11-13H,7,9-10,17H2,1-6H3. The second kappa shape index (κ2) is 5.71. The van der Waals surface area contributed by atoms with Crippen molar-refractivity contribution in [2.45, 2.75) is 64.8 Å². The Morgan fingerprint density at radius 1 is 1.24 bits per heavy atom. The molecule has 2 rings (SSSR count). The molecule has 1 aromatic rings. The van der Waals surface area contributed by atoms with E-state index >= 15 is 0 Å². The molecule has 120 valence electrons. The molecule has 0 aliphatic carbocycles. The van der Waals surface area contributed by atoms with Crippen LogP contribution < -0.4 is 5.73 Å². The van der Waals surface area contributed by atoms with Crippen LogP contribution in [0.2, 0.25) is 0 Å². The molecule has 2 N–H and O–H groups in total. The molecule has 0 aromatic carbocycles. The molecule has 0 saturated carbocycles. The number of imidazole rings is 1. The molecular weight excluding hydrogens is 264 g/mol. The topological polar surface area (TPSA) is 56.3 Å². The average molecular weight is 294 g/mol. The van der Waals surface area contributed by atoms with E-state index in [1.54, 1.807) is 0 Å². The predicted molar refractivity (Wildman–Crippen MR) is 85.2 cm³/mol. The van der Waals surface area contributed by atoms with Crippen molar-refractivity contribution in [2.24, 2.45) is 5.73 Å². The second-order valence-electron chi connectivity index (χ2n) is 7.60. The maximum absolute atomic E-state index is 6.18. The van der Waals surface area contributed by atoms with Crippen LogP contribution in [0.15, 0.2) is 12.5 Å². The van der Waals surface area contributed by atoms with Gasteiger partial charge in [0.15, 0.2) is 0 Å². The summed E-state index contributed by atoms with van der Waals surface area (Å²) in [5, 5.41) is 0. The Hall–Kier alpha value is -0.910. The molecule has 1 aromatic heterocycles. The van der Waals surface area contributed by atoms with E-state index < -0.39 is 0 Å². The summed E-state index contributed by atoms with van der Waals surface area (Å²) < 4.78 is 8.39. The molecule has 5 nitrogen and oxygen atoms in total. The van der Waals surface area contributed by atoms with Gasteiger partial charge in [0.1, 0.15) is 0 Å². The summed E-state index contributed by atoms with van der Waals surface area (Å²) in [6.45, 7) is 15.3. The van der Waals surface area contributed by atoms with Gasteiger partial charge in [-0.1, -0.05) is 0 Å². The smallest absolute Gasteiger partial charge is 0.0951 e. The van der Waals surface area contributed by atoms with E-state index in [2.05, 4.69) is 56.0 Å². The summed E-state index contributed by atoms with van der Waals surface area (Å²) in [5.74, 6) is 0. The van der Waals surface area contributed by atoms with E-state index in [-0.39, 0.29) is 17.2 Å². The molecule has 21 heavy (non-hydrogen) atoms. The van der Waals surface area contributed by atoms with Crippen molar-refractivity contribution in [1.29, 1.82) is 0 Å². The molecular formula is C16H30N4O. The molecule has 1 atom stereocenters. The molecule has 0 amide bonds. The summed E-state index contributed by atoms with van der Waals surface area (Å²) in [7, 11) is 0. The van der Waals surface area contributed by atoms with Gasteiger partial charge in [0, 0.05) is 31.9 Å². The number of hydrogen-bond donors (Lipinski definition) is 1. The van der Waals surface area contributed by atoms with E-state index in [4.69, 9.17) is 10.5 Å². The summed E-state index contributed by atoms with van der Waals surface area (Å²) in [5.41, 5.74) is 6.98. The largest absolute Gasteiger partial charge is 0.367 e. The highest BCUT2D eigenvalue weighted by molar-refractivity contribution is 5.09. The number of nitrogens with zero attached hydrogens (tertiary/aromatic N) is 3. The van der Waals surface area contributed by atoms with Gasteiger partial charge >= 0.3 is 0 Å². The molecule has 1 aliphatic rings. The second-order valence-corrected chi connectivity index (χ2v) is 7.60. The van der Waals surface area contributed by atoms with E-state index in [1.807, 2.05) is 12.5 Å². The number of nitrogens with two attached hydrogens (primary N) is 1. The third kappa shape index (κ3) is 3.65. The fourth-order valence-electron chi connectivity index (χ4n) is 3.53. The summed E-state index contributed by atoms with van der Waals surface area (Å²) in [6.07, 6.45) is 3.85.